The summed E-state index contributed by atoms with van der Waals surface area (Å²) in [6.45, 7) is 2.32. The number of carbonyl (C=O) groups is 2. The largest absolute Gasteiger partial charge is 0.453 e. The lowest BCUT2D eigenvalue weighted by atomic mass is 10.0. The molecule has 1 aliphatic rings. The third kappa shape index (κ3) is 3.78. The topological polar surface area (TPSA) is 87.3 Å². The van der Waals surface area contributed by atoms with E-state index in [1.54, 1.807) is 11.8 Å². The van der Waals surface area contributed by atoms with Gasteiger partial charge in [0.2, 0.25) is 5.91 Å². The van der Waals surface area contributed by atoms with E-state index in [4.69, 9.17) is 0 Å². The zero-order valence-corrected chi connectivity index (χ0v) is 15.8. The molecule has 25 heavy (non-hydrogen) atoms. The molecule has 8 heteroatoms. The summed E-state index contributed by atoms with van der Waals surface area (Å²) in [5, 5.41) is 2.54. The number of ether oxygens (including phenoxy) is 1. The van der Waals surface area contributed by atoms with Crippen LogP contribution >= 0.6 is 15.9 Å². The number of aromatic nitrogens is 2. The lowest BCUT2D eigenvalue weighted by Gasteiger charge is -2.36. The molecule has 0 radical (unpaired) electrons. The molecule has 2 amide bonds. The highest BCUT2D eigenvalue weighted by Crippen LogP contribution is 2.31. The van der Waals surface area contributed by atoms with Crippen molar-refractivity contribution < 1.29 is 14.3 Å². The van der Waals surface area contributed by atoms with Crippen molar-refractivity contribution in [3.63, 3.8) is 0 Å². The van der Waals surface area contributed by atoms with Gasteiger partial charge in [-0.25, -0.2) is 9.78 Å². The number of piperidine rings is 1. The second-order valence-corrected chi connectivity index (χ2v) is 7.10. The van der Waals surface area contributed by atoms with Crippen LogP contribution in [0.3, 0.4) is 0 Å². The molecule has 2 unspecified atom stereocenters. The summed E-state index contributed by atoms with van der Waals surface area (Å²) in [6, 6.07) is 5.10. The summed E-state index contributed by atoms with van der Waals surface area (Å²) in [5.74, 6) is 0.656. The Labute approximate surface area is 154 Å². The number of H-pyrrole nitrogens is 1. The minimum absolute atomic E-state index is 0.116. The molecule has 1 saturated heterocycles. The highest BCUT2D eigenvalue weighted by molar-refractivity contribution is 9.10. The summed E-state index contributed by atoms with van der Waals surface area (Å²) in [4.78, 5) is 34.0. The molecule has 0 bridgehead atoms. The Kier molecular flexibility index (Phi) is 5.27. The summed E-state index contributed by atoms with van der Waals surface area (Å²) >= 11 is 3.46. The average Bonchev–Trinajstić information content (AvgIpc) is 3.03. The third-order valence-electron chi connectivity index (χ3n) is 4.45. The molecule has 0 aliphatic carbocycles. The van der Waals surface area contributed by atoms with Gasteiger partial charge in [0, 0.05) is 11.0 Å². The molecule has 1 aromatic carbocycles. The first-order chi connectivity index (χ1) is 12.0. The van der Waals surface area contributed by atoms with Crippen LogP contribution in [0.4, 0.5) is 4.79 Å². The van der Waals surface area contributed by atoms with Gasteiger partial charge in [0.1, 0.15) is 11.9 Å². The number of hydrogen-bond acceptors (Lipinski definition) is 4. The van der Waals surface area contributed by atoms with E-state index < -0.39 is 12.1 Å². The summed E-state index contributed by atoms with van der Waals surface area (Å²) in [5.41, 5.74) is 1.81. The first kappa shape index (κ1) is 17.7. The minimum atomic E-state index is -0.647. The second-order valence-electron chi connectivity index (χ2n) is 6.18. The quantitative estimate of drug-likeness (QED) is 0.816. The van der Waals surface area contributed by atoms with Crippen LogP contribution in [0, 0.1) is 0 Å². The van der Waals surface area contributed by atoms with Crippen LogP contribution in [-0.4, -0.2) is 46.6 Å². The number of carbonyl (C=O) groups excluding carboxylic acids is 2. The van der Waals surface area contributed by atoms with Gasteiger partial charge in [-0.15, -0.1) is 0 Å². The van der Waals surface area contributed by atoms with E-state index in [0.29, 0.717) is 6.54 Å². The number of halogens is 1. The average molecular weight is 409 g/mol. The molecule has 2 N–H and O–H groups in total. The van der Waals surface area contributed by atoms with E-state index in [1.807, 2.05) is 18.2 Å². The maximum Gasteiger partial charge on any atom is 0.407 e. The van der Waals surface area contributed by atoms with Gasteiger partial charge < -0.3 is 19.9 Å². The van der Waals surface area contributed by atoms with Crippen molar-refractivity contribution in [3.05, 3.63) is 28.5 Å². The highest BCUT2D eigenvalue weighted by atomic mass is 79.9. The Balaban J connectivity index is 1.84. The van der Waals surface area contributed by atoms with E-state index in [-0.39, 0.29) is 11.9 Å². The number of hydrogen-bond donors (Lipinski definition) is 2. The van der Waals surface area contributed by atoms with Gasteiger partial charge in [-0.05, 0) is 44.4 Å². The van der Waals surface area contributed by atoms with Crippen molar-refractivity contribution in [1.29, 1.82) is 0 Å². The Bertz CT molecular complexity index is 791. The van der Waals surface area contributed by atoms with E-state index in [0.717, 1.165) is 40.6 Å². The van der Waals surface area contributed by atoms with Gasteiger partial charge in [-0.1, -0.05) is 15.9 Å². The summed E-state index contributed by atoms with van der Waals surface area (Å²) in [7, 11) is 1.28. The molecule has 7 nitrogen and oxygen atoms in total. The minimum Gasteiger partial charge on any atom is -0.453 e. The van der Waals surface area contributed by atoms with Crippen LogP contribution in [-0.2, 0) is 9.53 Å². The fraction of sp³-hybridized carbons (Fsp3) is 0.471. The molecular formula is C17H21BrN4O3. The first-order valence-electron chi connectivity index (χ1n) is 8.29. The number of methoxy groups -OCH3 is 1. The van der Waals surface area contributed by atoms with Gasteiger partial charge in [-0.2, -0.15) is 0 Å². The van der Waals surface area contributed by atoms with Crippen molar-refractivity contribution in [2.24, 2.45) is 0 Å². The van der Waals surface area contributed by atoms with Crippen LogP contribution in [0.15, 0.2) is 22.7 Å². The van der Waals surface area contributed by atoms with E-state index in [2.05, 4.69) is 36.0 Å². The van der Waals surface area contributed by atoms with Gasteiger partial charge in [0.05, 0.1) is 24.2 Å². The number of likely N-dealkylation sites (tertiary alicyclic amines) is 1. The maximum atomic E-state index is 12.8. The Morgan fingerprint density at radius 1 is 1.44 bits per heavy atom. The number of alkyl carbamates (subject to hydrolysis) is 1. The molecule has 1 aliphatic heterocycles. The van der Waals surface area contributed by atoms with E-state index >= 15 is 0 Å². The molecule has 2 atom stereocenters. The van der Waals surface area contributed by atoms with Crippen molar-refractivity contribution >= 4 is 39.0 Å². The SMILES string of the molecule is COC(=O)NC(C)C(=O)N1CCCCC1c1nc2ccc(Br)cc2[nH]1. The summed E-state index contributed by atoms with van der Waals surface area (Å²) in [6.07, 6.45) is 2.22. The zero-order valence-electron chi connectivity index (χ0n) is 14.2. The Hall–Kier alpha value is -2.09. The van der Waals surface area contributed by atoms with Crippen LogP contribution in [0.25, 0.3) is 11.0 Å². The predicted octanol–water partition coefficient (Wildman–Crippen LogP) is 3.12. The monoisotopic (exact) mass is 408 g/mol. The molecule has 2 aromatic rings. The predicted molar refractivity (Wildman–Crippen MR) is 97.1 cm³/mol. The van der Waals surface area contributed by atoms with Gasteiger partial charge in [0.15, 0.2) is 0 Å². The van der Waals surface area contributed by atoms with Gasteiger partial charge in [0.25, 0.3) is 0 Å². The van der Waals surface area contributed by atoms with Crippen LogP contribution in [0.2, 0.25) is 0 Å². The molecule has 1 aromatic heterocycles. The van der Waals surface area contributed by atoms with Crippen molar-refractivity contribution in [2.75, 3.05) is 13.7 Å². The van der Waals surface area contributed by atoms with Crippen LogP contribution in [0.1, 0.15) is 38.1 Å². The highest BCUT2D eigenvalue weighted by Gasteiger charge is 2.33. The molecule has 0 saturated carbocycles. The van der Waals surface area contributed by atoms with Gasteiger partial charge >= 0.3 is 6.09 Å². The van der Waals surface area contributed by atoms with Crippen molar-refractivity contribution in [3.8, 4) is 0 Å². The Morgan fingerprint density at radius 3 is 3.00 bits per heavy atom. The molecule has 3 rings (SSSR count). The summed E-state index contributed by atoms with van der Waals surface area (Å²) < 4.78 is 5.55. The number of nitrogens with zero attached hydrogens (tertiary/aromatic N) is 2. The van der Waals surface area contributed by atoms with Crippen LogP contribution < -0.4 is 5.32 Å². The lowest BCUT2D eigenvalue weighted by molar-refractivity contribution is -0.137. The van der Waals surface area contributed by atoms with Crippen LogP contribution in [0.5, 0.6) is 0 Å². The smallest absolute Gasteiger partial charge is 0.407 e. The number of aromatic amines is 1. The van der Waals surface area contributed by atoms with Gasteiger partial charge in [-0.3, -0.25) is 4.79 Å². The molecule has 0 spiro atoms. The standard InChI is InChI=1S/C17H21BrN4O3/c1-10(19-17(24)25-2)16(23)22-8-4-3-5-14(22)15-20-12-7-6-11(18)9-13(12)21-15/h6-7,9-10,14H,3-5,8H2,1-2H3,(H,19,24)(H,20,21). The zero-order chi connectivity index (χ0) is 18.0. The van der Waals surface area contributed by atoms with E-state index in [1.165, 1.54) is 7.11 Å². The number of nitrogens with one attached hydrogen (secondary N) is 2. The Morgan fingerprint density at radius 2 is 2.24 bits per heavy atom. The number of rotatable bonds is 3. The molecule has 1 fully saturated rings. The normalized spacial score (nSPS) is 18.8. The maximum absolute atomic E-state index is 12.8. The molecular weight excluding hydrogens is 388 g/mol. The third-order valence-corrected chi connectivity index (χ3v) is 4.95. The number of amides is 2. The first-order valence-corrected chi connectivity index (χ1v) is 9.09. The van der Waals surface area contributed by atoms with Crippen molar-refractivity contribution in [1.82, 2.24) is 20.2 Å². The fourth-order valence-corrected chi connectivity index (χ4v) is 3.55. The fourth-order valence-electron chi connectivity index (χ4n) is 3.19. The van der Waals surface area contributed by atoms with E-state index in [9.17, 15) is 9.59 Å². The molecule has 134 valence electrons. The second kappa shape index (κ2) is 7.43. The number of benzene rings is 1. The lowest BCUT2D eigenvalue weighted by Crippen LogP contribution is -2.49. The number of imidazole rings is 1. The number of fused-ring (bicyclic) bond motifs is 1. The molecule has 2 heterocycles. The van der Waals surface area contributed by atoms with Crippen molar-refractivity contribution in [2.45, 2.75) is 38.3 Å².